The minimum Gasteiger partial charge on any atom is -0.305 e. The predicted molar refractivity (Wildman–Crippen MR) is 79.0 cm³/mol. The summed E-state index contributed by atoms with van der Waals surface area (Å²) in [6.45, 7) is 0. The molecular formula is C17H17NO2. The Kier molecular flexibility index (Phi) is 3.50. The van der Waals surface area contributed by atoms with Crippen LogP contribution in [0, 0.1) is 0 Å². The largest absolute Gasteiger partial charge is 0.305 e. The van der Waals surface area contributed by atoms with Gasteiger partial charge >= 0.3 is 0 Å². The third-order valence-electron chi connectivity index (χ3n) is 4.03. The fraction of sp³-hybridized carbons (Fsp3) is 0.294. The minimum absolute atomic E-state index is 0.159. The van der Waals surface area contributed by atoms with Crippen LogP contribution in [-0.2, 0) is 0 Å². The van der Waals surface area contributed by atoms with Crippen molar-refractivity contribution in [1.29, 1.82) is 0 Å². The van der Waals surface area contributed by atoms with E-state index >= 15 is 0 Å². The Morgan fingerprint density at radius 3 is 2.35 bits per heavy atom. The lowest BCUT2D eigenvalue weighted by Crippen LogP contribution is -2.27. The van der Waals surface area contributed by atoms with Crippen molar-refractivity contribution in [1.82, 2.24) is 4.57 Å². The molecule has 0 saturated heterocycles. The molecule has 1 aromatic carbocycles. The smallest absolute Gasteiger partial charge is 0.261 e. The molecule has 0 spiro atoms. The van der Waals surface area contributed by atoms with Gasteiger partial charge < -0.3 is 4.57 Å². The van der Waals surface area contributed by atoms with Gasteiger partial charge in [-0.1, -0.05) is 43.2 Å². The first kappa shape index (κ1) is 12.9. The molecule has 102 valence electrons. The molecule has 1 aromatic heterocycles. The van der Waals surface area contributed by atoms with Crippen LogP contribution in [0.25, 0.3) is 11.3 Å². The van der Waals surface area contributed by atoms with Crippen LogP contribution in [0.3, 0.4) is 0 Å². The minimum atomic E-state index is -0.159. The zero-order valence-corrected chi connectivity index (χ0v) is 11.3. The normalized spacial score (nSPS) is 15.4. The van der Waals surface area contributed by atoms with Crippen molar-refractivity contribution in [2.75, 3.05) is 0 Å². The number of hydrogen-bond acceptors (Lipinski definition) is 2. The third-order valence-corrected chi connectivity index (χ3v) is 4.03. The summed E-state index contributed by atoms with van der Waals surface area (Å²) in [6, 6.07) is 13.6. The van der Waals surface area contributed by atoms with E-state index in [4.69, 9.17) is 0 Å². The molecule has 1 aliphatic rings. The Morgan fingerprint density at radius 1 is 1.00 bits per heavy atom. The summed E-state index contributed by atoms with van der Waals surface area (Å²) >= 11 is 0. The molecule has 3 rings (SSSR count). The molecular weight excluding hydrogens is 250 g/mol. The van der Waals surface area contributed by atoms with Crippen LogP contribution in [0.1, 0.15) is 42.1 Å². The lowest BCUT2D eigenvalue weighted by atomic mass is 10.1. The molecule has 1 heterocycles. The topological polar surface area (TPSA) is 39.1 Å². The van der Waals surface area contributed by atoms with Crippen LogP contribution < -0.4 is 5.56 Å². The molecule has 1 aliphatic carbocycles. The number of pyridine rings is 1. The van der Waals surface area contributed by atoms with Crippen molar-refractivity contribution >= 4 is 6.29 Å². The van der Waals surface area contributed by atoms with Crippen LogP contribution in [0.4, 0.5) is 0 Å². The SMILES string of the molecule is O=Cc1ccc(-c2ccccc2)n(C2CCCC2)c1=O. The summed E-state index contributed by atoms with van der Waals surface area (Å²) in [5, 5.41) is 0. The maximum absolute atomic E-state index is 12.5. The van der Waals surface area contributed by atoms with E-state index in [1.165, 1.54) is 0 Å². The molecule has 1 saturated carbocycles. The van der Waals surface area contributed by atoms with Gasteiger partial charge in [-0.05, 0) is 30.5 Å². The number of aldehydes is 1. The van der Waals surface area contributed by atoms with Crippen LogP contribution in [-0.4, -0.2) is 10.9 Å². The van der Waals surface area contributed by atoms with E-state index < -0.39 is 0 Å². The van der Waals surface area contributed by atoms with Crippen molar-refractivity contribution in [3.63, 3.8) is 0 Å². The number of benzene rings is 1. The van der Waals surface area contributed by atoms with E-state index in [-0.39, 0.29) is 17.2 Å². The highest BCUT2D eigenvalue weighted by atomic mass is 16.1. The Hall–Kier alpha value is -2.16. The summed E-state index contributed by atoms with van der Waals surface area (Å²) in [5.41, 5.74) is 2.02. The predicted octanol–water partition coefficient (Wildman–Crippen LogP) is 3.44. The Balaban J connectivity index is 2.21. The summed E-state index contributed by atoms with van der Waals surface area (Å²) in [5.74, 6) is 0. The van der Waals surface area contributed by atoms with Gasteiger partial charge in [0.1, 0.15) is 0 Å². The van der Waals surface area contributed by atoms with E-state index in [1.54, 1.807) is 6.07 Å². The first-order valence-corrected chi connectivity index (χ1v) is 7.07. The Bertz CT molecular complexity index is 667. The maximum atomic E-state index is 12.5. The summed E-state index contributed by atoms with van der Waals surface area (Å²) in [7, 11) is 0. The van der Waals surface area contributed by atoms with Crippen molar-refractivity contribution < 1.29 is 4.79 Å². The molecule has 20 heavy (non-hydrogen) atoms. The molecule has 0 bridgehead atoms. The maximum Gasteiger partial charge on any atom is 0.261 e. The summed E-state index contributed by atoms with van der Waals surface area (Å²) in [4.78, 5) is 23.5. The zero-order valence-electron chi connectivity index (χ0n) is 11.3. The zero-order chi connectivity index (χ0) is 13.9. The highest BCUT2D eigenvalue weighted by Gasteiger charge is 2.22. The van der Waals surface area contributed by atoms with E-state index in [0.29, 0.717) is 6.29 Å². The van der Waals surface area contributed by atoms with E-state index in [2.05, 4.69) is 0 Å². The molecule has 0 radical (unpaired) electrons. The number of aromatic nitrogens is 1. The Morgan fingerprint density at radius 2 is 1.70 bits per heavy atom. The molecule has 2 aromatic rings. The summed E-state index contributed by atoms with van der Waals surface area (Å²) < 4.78 is 1.83. The van der Waals surface area contributed by atoms with Gasteiger partial charge in [0.2, 0.25) is 0 Å². The molecule has 0 N–H and O–H groups in total. The lowest BCUT2D eigenvalue weighted by molar-refractivity contribution is 0.112. The van der Waals surface area contributed by atoms with Crippen LogP contribution in [0.15, 0.2) is 47.3 Å². The van der Waals surface area contributed by atoms with E-state index in [9.17, 15) is 9.59 Å². The quantitative estimate of drug-likeness (QED) is 0.799. The second-order valence-corrected chi connectivity index (χ2v) is 5.27. The van der Waals surface area contributed by atoms with Crippen LogP contribution in [0.5, 0.6) is 0 Å². The number of nitrogens with zero attached hydrogens (tertiary/aromatic N) is 1. The molecule has 0 amide bonds. The van der Waals surface area contributed by atoms with Gasteiger partial charge in [0, 0.05) is 6.04 Å². The van der Waals surface area contributed by atoms with Crippen molar-refractivity contribution in [2.45, 2.75) is 31.7 Å². The van der Waals surface area contributed by atoms with Gasteiger partial charge in [-0.3, -0.25) is 9.59 Å². The fourth-order valence-corrected chi connectivity index (χ4v) is 3.03. The average molecular weight is 267 g/mol. The number of hydrogen-bond donors (Lipinski definition) is 0. The van der Waals surface area contributed by atoms with Gasteiger partial charge in [-0.15, -0.1) is 0 Å². The third kappa shape index (κ3) is 2.20. The summed E-state index contributed by atoms with van der Waals surface area (Å²) in [6.07, 6.45) is 4.99. The first-order valence-electron chi connectivity index (χ1n) is 7.07. The van der Waals surface area contributed by atoms with Gasteiger partial charge in [0.05, 0.1) is 11.3 Å². The van der Waals surface area contributed by atoms with Crippen molar-refractivity contribution in [3.8, 4) is 11.3 Å². The van der Waals surface area contributed by atoms with Crippen molar-refractivity contribution in [3.05, 3.63) is 58.4 Å². The standard InChI is InChI=1S/C17H17NO2/c19-12-14-10-11-16(13-6-2-1-3-7-13)18(17(14)20)15-8-4-5-9-15/h1-3,6-7,10-12,15H,4-5,8-9H2. The molecule has 1 fully saturated rings. The van der Waals surface area contributed by atoms with Crippen molar-refractivity contribution in [2.24, 2.45) is 0 Å². The molecule has 3 heteroatoms. The van der Waals surface area contributed by atoms with E-state index in [1.807, 2.05) is 41.0 Å². The molecule has 0 unspecified atom stereocenters. The highest BCUT2D eigenvalue weighted by Crippen LogP contribution is 2.32. The second-order valence-electron chi connectivity index (χ2n) is 5.27. The molecule has 0 aliphatic heterocycles. The van der Waals surface area contributed by atoms with Gasteiger partial charge in [0.15, 0.2) is 6.29 Å². The first-order chi connectivity index (χ1) is 9.81. The fourth-order valence-electron chi connectivity index (χ4n) is 3.03. The highest BCUT2D eigenvalue weighted by molar-refractivity contribution is 5.75. The van der Waals surface area contributed by atoms with Gasteiger partial charge in [-0.2, -0.15) is 0 Å². The number of carbonyl (C=O) groups excluding carboxylic acids is 1. The van der Waals surface area contributed by atoms with Gasteiger partial charge in [-0.25, -0.2) is 0 Å². The van der Waals surface area contributed by atoms with Crippen LogP contribution in [0.2, 0.25) is 0 Å². The monoisotopic (exact) mass is 267 g/mol. The Labute approximate surface area is 117 Å². The van der Waals surface area contributed by atoms with Gasteiger partial charge in [0.25, 0.3) is 5.56 Å². The number of carbonyl (C=O) groups is 1. The molecule has 0 atom stereocenters. The lowest BCUT2D eigenvalue weighted by Gasteiger charge is -2.19. The van der Waals surface area contributed by atoms with E-state index in [0.717, 1.165) is 36.9 Å². The van der Waals surface area contributed by atoms with Crippen LogP contribution >= 0.6 is 0 Å². The average Bonchev–Trinajstić information content (AvgIpc) is 3.01. The molecule has 3 nitrogen and oxygen atoms in total. The second kappa shape index (κ2) is 5.45. The number of rotatable bonds is 3.